The summed E-state index contributed by atoms with van der Waals surface area (Å²) in [6.07, 6.45) is 11.9. The van der Waals surface area contributed by atoms with Gasteiger partial charge in [-0.25, -0.2) is 16.8 Å². The van der Waals surface area contributed by atoms with Crippen molar-refractivity contribution in [3.05, 3.63) is 108 Å². The van der Waals surface area contributed by atoms with E-state index in [2.05, 4.69) is 41.0 Å². The minimum atomic E-state index is -3.76. The Kier molecular flexibility index (Phi) is 12.6. The van der Waals surface area contributed by atoms with Crippen LogP contribution in [0.15, 0.2) is 107 Å². The Bertz CT molecular complexity index is 2590. The Balaban J connectivity index is 1.06. The van der Waals surface area contributed by atoms with Crippen LogP contribution in [0.25, 0.3) is 12.2 Å². The summed E-state index contributed by atoms with van der Waals surface area (Å²) >= 11 is 0. The molecule has 0 spiro atoms. The lowest BCUT2D eigenvalue weighted by molar-refractivity contribution is 0.568. The van der Waals surface area contributed by atoms with Crippen molar-refractivity contribution in [2.45, 2.75) is 48.3 Å². The molecule has 2 aliphatic heterocycles. The Morgan fingerprint density at radius 1 is 0.435 bits per heavy atom. The van der Waals surface area contributed by atoms with Gasteiger partial charge in [0.1, 0.15) is 0 Å². The summed E-state index contributed by atoms with van der Waals surface area (Å²) in [4.78, 5) is 32.3. The molecule has 320 valence electrons. The molecule has 16 nitrogen and oxygen atoms in total. The third-order valence-electron chi connectivity index (χ3n) is 10.4. The maximum atomic E-state index is 13.2. The summed E-state index contributed by atoms with van der Waals surface area (Å²) in [5, 5.41) is 12.9. The van der Waals surface area contributed by atoms with Crippen LogP contribution in [0.5, 0.6) is 0 Å². The number of aromatic nitrogens is 6. The van der Waals surface area contributed by atoms with Crippen LogP contribution in [0, 0.1) is 0 Å². The van der Waals surface area contributed by atoms with E-state index in [0.29, 0.717) is 46.3 Å². The molecule has 2 aliphatic rings. The lowest BCUT2D eigenvalue weighted by Crippen LogP contribution is -2.31. The van der Waals surface area contributed by atoms with Crippen molar-refractivity contribution < 1.29 is 16.8 Å². The fraction of sp³-hybridized carbons (Fsp3) is 0.273. The van der Waals surface area contributed by atoms with Crippen LogP contribution in [0.4, 0.5) is 58.4 Å². The summed E-state index contributed by atoms with van der Waals surface area (Å²) < 4.78 is 52.9. The molecule has 6 aromatic rings. The van der Waals surface area contributed by atoms with Crippen molar-refractivity contribution >= 4 is 90.3 Å². The Morgan fingerprint density at radius 2 is 0.774 bits per heavy atom. The molecule has 0 unspecified atom stereocenters. The normalized spacial score (nSPS) is 14.7. The minimum absolute atomic E-state index is 0.0325. The Morgan fingerprint density at radius 3 is 1.11 bits per heavy atom. The molecular formula is C44H48N12O4S2. The molecule has 2 fully saturated rings. The summed E-state index contributed by atoms with van der Waals surface area (Å²) in [6, 6.07) is 28.9. The first-order valence-electron chi connectivity index (χ1n) is 20.5. The van der Waals surface area contributed by atoms with E-state index >= 15 is 0 Å². The SMILES string of the molecule is CS(=O)(=O)c1cc(Nc2nc(Nc3ccccc3)nc(N3CCCCC3)n2)ccc1/C=C/c1ccc(Nc2nc(Nc3ccccc3)nc(N3CCCCC3)n2)cc1S(C)(=O)=O. The summed E-state index contributed by atoms with van der Waals surface area (Å²) in [7, 11) is -7.53. The third kappa shape index (κ3) is 10.8. The summed E-state index contributed by atoms with van der Waals surface area (Å²) in [6.45, 7) is 3.28. The van der Waals surface area contributed by atoms with Gasteiger partial charge in [0.2, 0.25) is 35.7 Å². The van der Waals surface area contributed by atoms with Gasteiger partial charge in [-0.3, -0.25) is 0 Å². The predicted octanol–water partition coefficient (Wildman–Crippen LogP) is 7.99. The second-order valence-electron chi connectivity index (χ2n) is 15.3. The van der Waals surface area contributed by atoms with Gasteiger partial charge in [-0.15, -0.1) is 0 Å². The molecule has 4 N–H and O–H groups in total. The van der Waals surface area contributed by atoms with Gasteiger partial charge in [-0.1, -0.05) is 60.7 Å². The number of nitrogens with one attached hydrogen (secondary N) is 4. The number of hydrogen-bond donors (Lipinski definition) is 4. The molecule has 0 saturated carbocycles. The van der Waals surface area contributed by atoms with Crippen LogP contribution >= 0.6 is 0 Å². The minimum Gasteiger partial charge on any atom is -0.341 e. The molecule has 2 saturated heterocycles. The molecule has 0 aliphatic carbocycles. The van der Waals surface area contributed by atoms with Gasteiger partial charge < -0.3 is 31.1 Å². The fourth-order valence-electron chi connectivity index (χ4n) is 7.30. The predicted molar refractivity (Wildman–Crippen MR) is 246 cm³/mol. The number of nitrogens with zero attached hydrogens (tertiary/aromatic N) is 8. The lowest BCUT2D eigenvalue weighted by Gasteiger charge is -2.27. The van der Waals surface area contributed by atoms with Crippen LogP contribution in [-0.2, 0) is 19.7 Å². The highest BCUT2D eigenvalue weighted by Gasteiger charge is 2.21. The van der Waals surface area contributed by atoms with Crippen molar-refractivity contribution in [1.82, 2.24) is 29.9 Å². The lowest BCUT2D eigenvalue weighted by atomic mass is 10.1. The monoisotopic (exact) mass is 872 g/mol. The van der Waals surface area contributed by atoms with E-state index in [4.69, 9.17) is 19.9 Å². The van der Waals surface area contributed by atoms with Crippen molar-refractivity contribution in [2.75, 3.05) is 69.8 Å². The zero-order valence-electron chi connectivity index (χ0n) is 34.5. The van der Waals surface area contributed by atoms with E-state index < -0.39 is 19.7 Å². The molecule has 0 amide bonds. The number of sulfone groups is 2. The van der Waals surface area contributed by atoms with Gasteiger partial charge in [0, 0.05) is 61.4 Å². The molecule has 0 radical (unpaired) electrons. The van der Waals surface area contributed by atoms with Gasteiger partial charge >= 0.3 is 0 Å². The van der Waals surface area contributed by atoms with E-state index in [1.165, 1.54) is 12.1 Å². The van der Waals surface area contributed by atoms with E-state index in [1.54, 1.807) is 36.4 Å². The molecule has 0 atom stereocenters. The van der Waals surface area contributed by atoms with Crippen LogP contribution in [0.1, 0.15) is 49.7 Å². The quantitative estimate of drug-likeness (QED) is 0.0767. The summed E-state index contributed by atoms with van der Waals surface area (Å²) in [5.41, 5.74) is 3.24. The van der Waals surface area contributed by atoms with Crippen LogP contribution < -0.4 is 31.1 Å². The van der Waals surface area contributed by atoms with Crippen LogP contribution in [0.3, 0.4) is 0 Å². The molecular weight excluding hydrogens is 825 g/mol. The third-order valence-corrected chi connectivity index (χ3v) is 12.7. The average Bonchev–Trinajstić information content (AvgIpc) is 3.27. The number of anilines is 10. The average molecular weight is 873 g/mol. The molecule has 62 heavy (non-hydrogen) atoms. The van der Waals surface area contributed by atoms with Gasteiger partial charge in [-0.05, 0) is 98.2 Å². The zero-order valence-corrected chi connectivity index (χ0v) is 36.1. The second-order valence-corrected chi connectivity index (χ2v) is 19.2. The van der Waals surface area contributed by atoms with Crippen molar-refractivity contribution in [3.8, 4) is 0 Å². The number of piperidine rings is 2. The maximum absolute atomic E-state index is 13.2. The summed E-state index contributed by atoms with van der Waals surface area (Å²) in [5.74, 6) is 2.23. The van der Waals surface area contributed by atoms with Crippen molar-refractivity contribution in [3.63, 3.8) is 0 Å². The van der Waals surface area contributed by atoms with E-state index in [9.17, 15) is 16.8 Å². The van der Waals surface area contributed by atoms with Crippen LogP contribution in [0.2, 0.25) is 0 Å². The molecule has 0 bridgehead atoms. The van der Waals surface area contributed by atoms with Gasteiger partial charge in [-0.2, -0.15) is 29.9 Å². The van der Waals surface area contributed by atoms with Crippen molar-refractivity contribution in [1.29, 1.82) is 0 Å². The largest absolute Gasteiger partial charge is 0.341 e. The smallest absolute Gasteiger partial charge is 0.233 e. The Labute approximate surface area is 361 Å². The number of hydrogen-bond acceptors (Lipinski definition) is 16. The van der Waals surface area contributed by atoms with Crippen molar-refractivity contribution in [2.24, 2.45) is 0 Å². The second kappa shape index (κ2) is 18.5. The first-order chi connectivity index (χ1) is 29.9. The van der Waals surface area contributed by atoms with E-state index in [1.807, 2.05) is 60.7 Å². The molecule has 18 heteroatoms. The van der Waals surface area contributed by atoms with Crippen LogP contribution in [-0.4, -0.2) is 85.4 Å². The van der Waals surface area contributed by atoms with E-state index in [0.717, 1.165) is 88.6 Å². The first-order valence-corrected chi connectivity index (χ1v) is 24.3. The highest BCUT2D eigenvalue weighted by atomic mass is 32.2. The highest BCUT2D eigenvalue weighted by molar-refractivity contribution is 7.91. The zero-order chi connectivity index (χ0) is 43.1. The highest BCUT2D eigenvalue weighted by Crippen LogP contribution is 2.30. The molecule has 2 aromatic heterocycles. The molecule has 4 aromatic carbocycles. The number of para-hydroxylation sites is 2. The van der Waals surface area contributed by atoms with Gasteiger partial charge in [0.05, 0.1) is 9.79 Å². The van der Waals surface area contributed by atoms with Gasteiger partial charge in [0.25, 0.3) is 0 Å². The fourth-order valence-corrected chi connectivity index (χ4v) is 9.12. The standard InChI is InChI=1S/C44H48N12O4S2/c1-61(57,58)37-29-35(47-41-49-39(45-33-15-7-3-8-16-33)51-43(53-41)55-25-11-5-12-26-55)23-21-31(37)19-20-32-22-24-36(30-38(32)62(2,59)60)48-42-50-40(46-34-17-9-4-10-18-34)52-44(54-42)56-27-13-6-14-28-56/h3-4,7-10,15-24,29-30H,5-6,11-14,25-28H2,1-2H3,(H2,45,47,49,51,53)(H2,46,48,50,52,54)/b20-19+. The van der Waals surface area contributed by atoms with E-state index in [-0.39, 0.29) is 21.7 Å². The first kappa shape index (κ1) is 42.0. The maximum Gasteiger partial charge on any atom is 0.233 e. The topological polar surface area (TPSA) is 200 Å². The molecule has 4 heterocycles. The Hall–Kier alpha value is -6.66. The number of rotatable bonds is 14. The number of benzene rings is 4. The molecule has 8 rings (SSSR count). The van der Waals surface area contributed by atoms with Gasteiger partial charge in [0.15, 0.2) is 19.7 Å².